The summed E-state index contributed by atoms with van der Waals surface area (Å²) < 4.78 is 19.4. The molecule has 3 nitrogen and oxygen atoms in total. The van der Waals surface area contributed by atoms with Crippen LogP contribution in [0.4, 0.5) is 10.1 Å². The van der Waals surface area contributed by atoms with Crippen molar-refractivity contribution in [1.82, 2.24) is 0 Å². The first kappa shape index (κ1) is 19.3. The van der Waals surface area contributed by atoms with Crippen molar-refractivity contribution >= 4 is 5.69 Å². The fraction of sp³-hybridized carbons (Fsp3) is 0.429. The molecule has 0 radical (unpaired) electrons. The van der Waals surface area contributed by atoms with E-state index in [4.69, 9.17) is 10.5 Å². The van der Waals surface area contributed by atoms with E-state index in [1.54, 1.807) is 12.1 Å². The summed E-state index contributed by atoms with van der Waals surface area (Å²) in [4.78, 5) is 2.31. The van der Waals surface area contributed by atoms with E-state index >= 15 is 0 Å². The van der Waals surface area contributed by atoms with Crippen molar-refractivity contribution in [3.63, 3.8) is 0 Å². The minimum Gasteiger partial charge on any atom is -0.494 e. The SMILES string of the molecule is CCOc1ccc(F)cc1C(CN)Cc1ccc(N(CC)CC)cc1. The summed E-state index contributed by atoms with van der Waals surface area (Å²) in [5.74, 6) is 0.490. The van der Waals surface area contributed by atoms with Gasteiger partial charge in [-0.25, -0.2) is 4.39 Å². The number of anilines is 1. The van der Waals surface area contributed by atoms with Gasteiger partial charge in [-0.1, -0.05) is 12.1 Å². The Bertz CT molecular complexity index is 653. The first-order chi connectivity index (χ1) is 12.1. The van der Waals surface area contributed by atoms with Crippen molar-refractivity contribution in [3.8, 4) is 5.75 Å². The quantitative estimate of drug-likeness (QED) is 0.735. The van der Waals surface area contributed by atoms with Gasteiger partial charge in [-0.15, -0.1) is 0 Å². The van der Waals surface area contributed by atoms with E-state index in [1.807, 2.05) is 6.92 Å². The van der Waals surface area contributed by atoms with Crippen LogP contribution in [0.1, 0.15) is 37.8 Å². The Kier molecular flexibility index (Phi) is 7.26. The zero-order valence-corrected chi connectivity index (χ0v) is 15.5. The Morgan fingerprint density at radius 2 is 1.72 bits per heavy atom. The topological polar surface area (TPSA) is 38.5 Å². The monoisotopic (exact) mass is 344 g/mol. The minimum atomic E-state index is -0.256. The van der Waals surface area contributed by atoms with E-state index in [9.17, 15) is 4.39 Å². The highest BCUT2D eigenvalue weighted by Gasteiger charge is 2.17. The third-order valence-electron chi connectivity index (χ3n) is 4.54. The molecule has 0 aliphatic rings. The zero-order valence-electron chi connectivity index (χ0n) is 15.5. The van der Waals surface area contributed by atoms with Crippen LogP contribution in [0.2, 0.25) is 0 Å². The van der Waals surface area contributed by atoms with Crippen LogP contribution >= 0.6 is 0 Å². The van der Waals surface area contributed by atoms with Crippen LogP contribution in [0.3, 0.4) is 0 Å². The molecule has 2 rings (SSSR count). The largest absolute Gasteiger partial charge is 0.494 e. The molecule has 136 valence electrons. The molecule has 0 saturated carbocycles. The lowest BCUT2D eigenvalue weighted by Crippen LogP contribution is -2.21. The number of hydrogen-bond acceptors (Lipinski definition) is 3. The van der Waals surface area contributed by atoms with Crippen molar-refractivity contribution in [2.24, 2.45) is 5.73 Å². The summed E-state index contributed by atoms with van der Waals surface area (Å²) in [7, 11) is 0. The van der Waals surface area contributed by atoms with Gasteiger partial charge in [0.1, 0.15) is 11.6 Å². The third-order valence-corrected chi connectivity index (χ3v) is 4.54. The molecule has 0 heterocycles. The van der Waals surface area contributed by atoms with Crippen LogP contribution in [-0.2, 0) is 6.42 Å². The number of hydrogen-bond donors (Lipinski definition) is 1. The number of halogens is 1. The highest BCUT2D eigenvalue weighted by molar-refractivity contribution is 5.48. The average molecular weight is 344 g/mol. The maximum Gasteiger partial charge on any atom is 0.123 e. The second kappa shape index (κ2) is 9.42. The molecule has 2 N–H and O–H groups in total. The molecule has 0 aromatic heterocycles. The zero-order chi connectivity index (χ0) is 18.2. The van der Waals surface area contributed by atoms with E-state index in [0.29, 0.717) is 13.2 Å². The van der Waals surface area contributed by atoms with Gasteiger partial charge < -0.3 is 15.4 Å². The summed E-state index contributed by atoms with van der Waals surface area (Å²) in [6, 6.07) is 13.2. The van der Waals surface area contributed by atoms with Crippen LogP contribution < -0.4 is 15.4 Å². The van der Waals surface area contributed by atoms with Crippen LogP contribution in [0.15, 0.2) is 42.5 Å². The van der Waals surface area contributed by atoms with Gasteiger partial charge in [-0.2, -0.15) is 0 Å². The molecule has 0 bridgehead atoms. The van der Waals surface area contributed by atoms with E-state index in [2.05, 4.69) is 43.0 Å². The minimum absolute atomic E-state index is 0.0246. The molecular weight excluding hydrogens is 315 g/mol. The van der Waals surface area contributed by atoms with Gasteiger partial charge in [-0.05, 0) is 69.6 Å². The average Bonchev–Trinajstić information content (AvgIpc) is 2.63. The van der Waals surface area contributed by atoms with Crippen LogP contribution in [-0.4, -0.2) is 26.2 Å². The van der Waals surface area contributed by atoms with E-state index in [-0.39, 0.29) is 11.7 Å². The second-order valence-corrected chi connectivity index (χ2v) is 6.09. The molecule has 1 unspecified atom stereocenters. The highest BCUT2D eigenvalue weighted by Crippen LogP contribution is 2.30. The summed E-state index contributed by atoms with van der Waals surface area (Å²) in [6.07, 6.45) is 0.762. The summed E-state index contributed by atoms with van der Waals surface area (Å²) in [5, 5.41) is 0. The Morgan fingerprint density at radius 1 is 1.04 bits per heavy atom. The molecule has 2 aromatic carbocycles. The Morgan fingerprint density at radius 3 is 2.28 bits per heavy atom. The summed E-state index contributed by atoms with van der Waals surface area (Å²) >= 11 is 0. The predicted octanol–water partition coefficient (Wildman–Crippen LogP) is 4.36. The number of nitrogens with zero attached hydrogens (tertiary/aromatic N) is 1. The summed E-state index contributed by atoms with van der Waals surface area (Å²) in [6.45, 7) is 9.21. The molecular formula is C21H29FN2O. The first-order valence-electron chi connectivity index (χ1n) is 9.09. The van der Waals surface area contributed by atoms with Gasteiger partial charge in [0, 0.05) is 30.3 Å². The van der Waals surface area contributed by atoms with Crippen molar-refractivity contribution < 1.29 is 9.13 Å². The first-order valence-corrected chi connectivity index (χ1v) is 9.09. The van der Waals surface area contributed by atoms with Crippen molar-refractivity contribution in [2.45, 2.75) is 33.1 Å². The maximum atomic E-state index is 13.7. The fourth-order valence-electron chi connectivity index (χ4n) is 3.16. The molecule has 25 heavy (non-hydrogen) atoms. The van der Waals surface area contributed by atoms with Crippen LogP contribution in [0.5, 0.6) is 5.75 Å². The maximum absolute atomic E-state index is 13.7. The molecule has 0 fully saturated rings. The normalized spacial score (nSPS) is 12.0. The number of ether oxygens (including phenoxy) is 1. The van der Waals surface area contributed by atoms with Gasteiger partial charge in [0.05, 0.1) is 6.61 Å². The summed E-state index contributed by atoms with van der Waals surface area (Å²) in [5.41, 5.74) is 9.26. The van der Waals surface area contributed by atoms with Crippen LogP contribution in [0.25, 0.3) is 0 Å². The molecule has 4 heteroatoms. The van der Waals surface area contributed by atoms with E-state index in [1.165, 1.54) is 17.3 Å². The van der Waals surface area contributed by atoms with Crippen molar-refractivity contribution in [1.29, 1.82) is 0 Å². The third kappa shape index (κ3) is 4.95. The Labute approximate surface area is 150 Å². The van der Waals surface area contributed by atoms with E-state index < -0.39 is 0 Å². The van der Waals surface area contributed by atoms with Crippen LogP contribution in [0, 0.1) is 5.82 Å². The van der Waals surface area contributed by atoms with Gasteiger partial charge in [0.2, 0.25) is 0 Å². The van der Waals surface area contributed by atoms with Gasteiger partial charge in [-0.3, -0.25) is 0 Å². The molecule has 0 aliphatic carbocycles. The van der Waals surface area contributed by atoms with Crippen molar-refractivity contribution in [2.75, 3.05) is 31.1 Å². The molecule has 0 aliphatic heterocycles. The Balaban J connectivity index is 2.21. The fourth-order valence-corrected chi connectivity index (χ4v) is 3.16. The Hall–Kier alpha value is -2.07. The lowest BCUT2D eigenvalue weighted by molar-refractivity contribution is 0.333. The van der Waals surface area contributed by atoms with Crippen molar-refractivity contribution in [3.05, 3.63) is 59.4 Å². The smallest absolute Gasteiger partial charge is 0.123 e. The molecule has 0 amide bonds. The highest BCUT2D eigenvalue weighted by atomic mass is 19.1. The number of benzene rings is 2. The van der Waals surface area contributed by atoms with Gasteiger partial charge >= 0.3 is 0 Å². The number of rotatable bonds is 9. The molecule has 1 atom stereocenters. The lowest BCUT2D eigenvalue weighted by atomic mass is 9.91. The molecule has 0 spiro atoms. The van der Waals surface area contributed by atoms with E-state index in [0.717, 1.165) is 30.8 Å². The standard InChI is InChI=1S/C21H29FN2O/c1-4-24(5-2)19-10-7-16(8-11-19)13-17(15-23)20-14-18(22)9-12-21(20)25-6-3/h7-12,14,17H,4-6,13,15,23H2,1-3H3. The predicted molar refractivity (Wildman–Crippen MR) is 103 cm³/mol. The second-order valence-electron chi connectivity index (χ2n) is 6.09. The lowest BCUT2D eigenvalue weighted by Gasteiger charge is -2.22. The molecule has 2 aromatic rings. The number of nitrogens with two attached hydrogens (primary N) is 1. The van der Waals surface area contributed by atoms with Gasteiger partial charge in [0.25, 0.3) is 0 Å². The van der Waals surface area contributed by atoms with Gasteiger partial charge in [0.15, 0.2) is 0 Å². The molecule has 0 saturated heterocycles.